The van der Waals surface area contributed by atoms with Gasteiger partial charge in [0.25, 0.3) is 0 Å². The molecule has 1 aliphatic heterocycles. The van der Waals surface area contributed by atoms with Crippen LogP contribution in [0.1, 0.15) is 23.5 Å². The summed E-state index contributed by atoms with van der Waals surface area (Å²) in [7, 11) is 0. The molecule has 0 saturated heterocycles. The van der Waals surface area contributed by atoms with Crippen molar-refractivity contribution in [3.63, 3.8) is 0 Å². The number of rotatable bonds is 3. The summed E-state index contributed by atoms with van der Waals surface area (Å²) in [6.07, 6.45) is -3.20. The summed E-state index contributed by atoms with van der Waals surface area (Å²) in [5, 5.41) is 9.57. The van der Waals surface area contributed by atoms with Crippen LogP contribution in [0.2, 0.25) is 0 Å². The van der Waals surface area contributed by atoms with E-state index >= 15 is 0 Å². The first-order chi connectivity index (χ1) is 12.9. The van der Waals surface area contributed by atoms with Gasteiger partial charge in [-0.3, -0.25) is 5.10 Å². The van der Waals surface area contributed by atoms with Gasteiger partial charge in [-0.2, -0.15) is 18.2 Å². The summed E-state index contributed by atoms with van der Waals surface area (Å²) in [5.41, 5.74) is -0.327. The van der Waals surface area contributed by atoms with Crippen LogP contribution in [0.4, 0.5) is 24.9 Å². The lowest BCUT2D eigenvalue weighted by Crippen LogP contribution is -2.15. The minimum absolute atomic E-state index is 0.0260. The van der Waals surface area contributed by atoms with E-state index in [0.29, 0.717) is 30.3 Å². The summed E-state index contributed by atoms with van der Waals surface area (Å²) in [6, 6.07) is 5.23. The van der Waals surface area contributed by atoms with Gasteiger partial charge in [0.05, 0.1) is 17.9 Å². The molecule has 27 heavy (non-hydrogen) atoms. The molecule has 140 valence electrons. The molecule has 10 heteroatoms. The molecule has 0 bridgehead atoms. The lowest BCUT2D eigenvalue weighted by Gasteiger charge is -2.20. The van der Waals surface area contributed by atoms with Crippen molar-refractivity contribution < 1.29 is 17.9 Å². The van der Waals surface area contributed by atoms with Crippen molar-refractivity contribution in [3.8, 4) is 17.1 Å². The zero-order chi connectivity index (χ0) is 19.0. The first kappa shape index (κ1) is 17.3. The number of H-pyrrole nitrogens is 1. The lowest BCUT2D eigenvalue weighted by atomic mass is 10.1. The lowest BCUT2D eigenvalue weighted by molar-refractivity contribution is -0.137. The topological polar surface area (TPSA) is 88.6 Å². The molecule has 0 radical (unpaired) electrons. The van der Waals surface area contributed by atoms with E-state index in [1.54, 1.807) is 6.92 Å². The predicted molar refractivity (Wildman–Crippen MR) is 90.7 cm³/mol. The van der Waals surface area contributed by atoms with E-state index in [0.717, 1.165) is 12.5 Å². The molecule has 0 aliphatic carbocycles. The first-order valence-corrected chi connectivity index (χ1v) is 8.28. The first-order valence-electron chi connectivity index (χ1n) is 8.28. The van der Waals surface area contributed by atoms with E-state index < -0.39 is 11.7 Å². The number of fused-ring (bicyclic) bond motifs is 1. The molecule has 7 nitrogen and oxygen atoms in total. The van der Waals surface area contributed by atoms with Gasteiger partial charge in [-0.25, -0.2) is 9.97 Å². The third kappa shape index (κ3) is 3.42. The summed E-state index contributed by atoms with van der Waals surface area (Å²) in [6.45, 7) is 2.21. The van der Waals surface area contributed by atoms with Crippen LogP contribution in [0.5, 0.6) is 5.75 Å². The molecular formula is C17H15F3N6O. The number of aryl methyl sites for hydroxylation is 2. The fraction of sp³-hybridized carbons (Fsp3) is 0.294. The van der Waals surface area contributed by atoms with E-state index in [-0.39, 0.29) is 23.2 Å². The van der Waals surface area contributed by atoms with Gasteiger partial charge in [0, 0.05) is 5.56 Å². The van der Waals surface area contributed by atoms with Crippen molar-refractivity contribution in [2.24, 2.45) is 0 Å². The zero-order valence-electron chi connectivity index (χ0n) is 14.3. The highest BCUT2D eigenvalue weighted by atomic mass is 19.4. The van der Waals surface area contributed by atoms with Crippen LogP contribution < -0.4 is 10.1 Å². The van der Waals surface area contributed by atoms with Gasteiger partial charge in [0.15, 0.2) is 17.4 Å². The minimum Gasteiger partial charge on any atom is -0.488 e. The van der Waals surface area contributed by atoms with Crippen molar-refractivity contribution in [2.45, 2.75) is 25.9 Å². The molecule has 0 unspecified atom stereocenters. The average Bonchev–Trinajstić information content (AvgIpc) is 3.06. The van der Waals surface area contributed by atoms with Crippen LogP contribution in [0.15, 0.2) is 24.3 Å². The van der Waals surface area contributed by atoms with Crippen LogP contribution in [-0.4, -0.2) is 31.8 Å². The SMILES string of the molecule is Cc1nc(Nc2nc(-c3ccccc3C(F)(F)F)nc3c2OCCC3)n[nH]1. The summed E-state index contributed by atoms with van der Waals surface area (Å²) in [4.78, 5) is 12.8. The molecule has 0 spiro atoms. The maximum atomic E-state index is 13.4. The second kappa shape index (κ2) is 6.53. The van der Waals surface area contributed by atoms with Gasteiger partial charge in [0.2, 0.25) is 5.95 Å². The van der Waals surface area contributed by atoms with Gasteiger partial charge in [-0.15, -0.1) is 5.10 Å². The number of alkyl halides is 3. The Morgan fingerprint density at radius 2 is 1.96 bits per heavy atom. The van der Waals surface area contributed by atoms with Crippen molar-refractivity contribution in [1.29, 1.82) is 0 Å². The smallest absolute Gasteiger partial charge is 0.417 e. The van der Waals surface area contributed by atoms with E-state index in [2.05, 4.69) is 30.5 Å². The van der Waals surface area contributed by atoms with Gasteiger partial charge in [0.1, 0.15) is 5.82 Å². The zero-order valence-corrected chi connectivity index (χ0v) is 14.3. The van der Waals surface area contributed by atoms with Gasteiger partial charge >= 0.3 is 6.18 Å². The highest BCUT2D eigenvalue weighted by molar-refractivity contribution is 5.68. The number of ether oxygens (including phenoxy) is 1. The summed E-state index contributed by atoms with van der Waals surface area (Å²) in [5.74, 6) is 1.46. The third-order valence-electron chi connectivity index (χ3n) is 4.04. The van der Waals surface area contributed by atoms with Crippen LogP contribution in [-0.2, 0) is 12.6 Å². The quantitative estimate of drug-likeness (QED) is 0.725. The third-order valence-corrected chi connectivity index (χ3v) is 4.04. The van der Waals surface area contributed by atoms with Crippen molar-refractivity contribution >= 4 is 11.8 Å². The van der Waals surface area contributed by atoms with Crippen LogP contribution in [0.3, 0.4) is 0 Å². The molecule has 0 fully saturated rings. The Hall–Kier alpha value is -3.17. The molecule has 0 atom stereocenters. The number of aromatic nitrogens is 5. The summed E-state index contributed by atoms with van der Waals surface area (Å²) >= 11 is 0. The Morgan fingerprint density at radius 1 is 1.15 bits per heavy atom. The Balaban J connectivity index is 1.84. The second-order valence-corrected chi connectivity index (χ2v) is 6.04. The van der Waals surface area contributed by atoms with Crippen molar-refractivity contribution in [3.05, 3.63) is 41.3 Å². The standard InChI is InChI=1S/C17H15F3N6O/c1-9-21-16(26-25-9)24-15-13-12(7-4-8-27-13)22-14(23-15)10-5-2-3-6-11(10)17(18,19)20/h2-3,5-6H,4,7-8H2,1H3,(H2,21,22,23,24,25,26). The Bertz CT molecular complexity index is 985. The molecule has 0 saturated carbocycles. The molecule has 3 aromatic rings. The Morgan fingerprint density at radius 3 is 2.70 bits per heavy atom. The van der Waals surface area contributed by atoms with Gasteiger partial charge in [-0.05, 0) is 25.8 Å². The Kier molecular flexibility index (Phi) is 4.17. The number of benzene rings is 1. The molecule has 2 aromatic heterocycles. The second-order valence-electron chi connectivity index (χ2n) is 6.04. The average molecular weight is 376 g/mol. The number of anilines is 2. The molecule has 0 amide bonds. The highest BCUT2D eigenvalue weighted by Crippen LogP contribution is 2.39. The van der Waals surface area contributed by atoms with Crippen LogP contribution in [0.25, 0.3) is 11.4 Å². The largest absolute Gasteiger partial charge is 0.488 e. The van der Waals surface area contributed by atoms with Crippen molar-refractivity contribution in [1.82, 2.24) is 25.1 Å². The van der Waals surface area contributed by atoms with E-state index in [4.69, 9.17) is 4.74 Å². The normalized spacial score (nSPS) is 13.8. The number of nitrogens with zero attached hydrogens (tertiary/aromatic N) is 4. The minimum atomic E-state index is -4.51. The van der Waals surface area contributed by atoms with E-state index in [1.165, 1.54) is 18.2 Å². The van der Waals surface area contributed by atoms with Crippen LogP contribution in [0, 0.1) is 6.92 Å². The molecule has 1 aromatic carbocycles. The maximum absolute atomic E-state index is 13.4. The van der Waals surface area contributed by atoms with Crippen molar-refractivity contribution in [2.75, 3.05) is 11.9 Å². The highest BCUT2D eigenvalue weighted by Gasteiger charge is 2.34. The van der Waals surface area contributed by atoms with Gasteiger partial charge in [-0.1, -0.05) is 18.2 Å². The predicted octanol–water partition coefficient (Wildman–Crippen LogP) is 3.66. The molecular weight excluding hydrogens is 361 g/mol. The van der Waals surface area contributed by atoms with Gasteiger partial charge < -0.3 is 10.1 Å². The number of nitrogens with one attached hydrogen (secondary N) is 2. The number of hydrogen-bond donors (Lipinski definition) is 2. The Labute approximate surface area is 152 Å². The molecule has 1 aliphatic rings. The monoisotopic (exact) mass is 376 g/mol. The summed E-state index contributed by atoms with van der Waals surface area (Å²) < 4.78 is 45.9. The molecule has 4 rings (SSSR count). The molecule has 3 heterocycles. The number of aromatic amines is 1. The van der Waals surface area contributed by atoms with Crippen LogP contribution >= 0.6 is 0 Å². The number of hydrogen-bond acceptors (Lipinski definition) is 6. The van der Waals surface area contributed by atoms with E-state index in [9.17, 15) is 13.2 Å². The fourth-order valence-electron chi connectivity index (χ4n) is 2.87. The fourth-order valence-corrected chi connectivity index (χ4v) is 2.87. The maximum Gasteiger partial charge on any atom is 0.417 e. The molecule has 2 N–H and O–H groups in total. The number of halogens is 3. The van der Waals surface area contributed by atoms with E-state index in [1.807, 2.05) is 0 Å².